The van der Waals surface area contributed by atoms with E-state index in [2.05, 4.69) is 45.5 Å². The molecule has 2 rings (SSSR count). The van der Waals surface area contributed by atoms with Gasteiger partial charge in [-0.2, -0.15) is 0 Å². The Morgan fingerprint density at radius 1 is 1.56 bits per heavy atom. The number of nitrogens with one attached hydrogen (secondary N) is 1. The molecule has 0 saturated carbocycles. The lowest BCUT2D eigenvalue weighted by atomic mass is 10.2. The molecule has 1 atom stereocenters. The van der Waals surface area contributed by atoms with E-state index < -0.39 is 0 Å². The zero-order chi connectivity index (χ0) is 11.5. The molecule has 0 saturated heterocycles. The molecule has 0 fully saturated rings. The Labute approximate surface area is 107 Å². The molecule has 0 aliphatic heterocycles. The topological polar surface area (TPSA) is 38.1 Å². The van der Waals surface area contributed by atoms with Crippen LogP contribution < -0.4 is 5.32 Å². The minimum absolute atomic E-state index is 0.321. The van der Waals surface area contributed by atoms with E-state index in [-0.39, 0.29) is 0 Å². The van der Waals surface area contributed by atoms with Crippen LogP contribution in [0.1, 0.15) is 29.3 Å². The van der Waals surface area contributed by atoms with Gasteiger partial charge in [0.15, 0.2) is 5.76 Å². The number of hydrogen-bond acceptors (Lipinski definition) is 4. The molecular formula is C11H13BrN2OS. The van der Waals surface area contributed by atoms with Crippen LogP contribution in [0.2, 0.25) is 0 Å². The normalized spacial score (nSPS) is 12.9. The van der Waals surface area contributed by atoms with Crippen molar-refractivity contribution in [1.29, 1.82) is 0 Å². The van der Waals surface area contributed by atoms with E-state index >= 15 is 0 Å². The van der Waals surface area contributed by atoms with Crippen LogP contribution >= 0.6 is 27.3 Å². The third-order valence-corrected chi connectivity index (χ3v) is 4.09. The number of aryl methyl sites for hydroxylation is 1. The summed E-state index contributed by atoms with van der Waals surface area (Å²) in [6, 6.07) is 6.46. The van der Waals surface area contributed by atoms with Crippen molar-refractivity contribution in [3.05, 3.63) is 38.3 Å². The average Bonchev–Trinajstić information content (AvgIpc) is 2.84. The summed E-state index contributed by atoms with van der Waals surface area (Å²) in [5, 5.41) is 7.25. The van der Waals surface area contributed by atoms with Crippen molar-refractivity contribution in [2.75, 3.05) is 0 Å². The fraction of sp³-hybridized carbons (Fsp3) is 0.364. The van der Waals surface area contributed by atoms with Gasteiger partial charge in [-0.3, -0.25) is 0 Å². The molecule has 86 valence electrons. The van der Waals surface area contributed by atoms with Crippen molar-refractivity contribution in [2.24, 2.45) is 0 Å². The molecule has 16 heavy (non-hydrogen) atoms. The van der Waals surface area contributed by atoms with Crippen LogP contribution in [-0.2, 0) is 6.54 Å². The van der Waals surface area contributed by atoms with Gasteiger partial charge < -0.3 is 9.84 Å². The second-order valence-corrected chi connectivity index (χ2v) is 6.17. The molecule has 0 aliphatic carbocycles. The summed E-state index contributed by atoms with van der Waals surface area (Å²) in [6.45, 7) is 4.77. The molecule has 2 heterocycles. The first-order valence-electron chi connectivity index (χ1n) is 5.06. The number of rotatable bonds is 4. The van der Waals surface area contributed by atoms with Crippen molar-refractivity contribution >= 4 is 27.3 Å². The highest BCUT2D eigenvalue weighted by Crippen LogP contribution is 2.27. The molecule has 0 aliphatic rings. The number of hydrogen-bond donors (Lipinski definition) is 1. The van der Waals surface area contributed by atoms with Crippen LogP contribution in [0.4, 0.5) is 0 Å². The summed E-state index contributed by atoms with van der Waals surface area (Å²) in [5.41, 5.74) is 0.920. The van der Waals surface area contributed by atoms with Crippen molar-refractivity contribution in [3.8, 4) is 0 Å². The Hall–Kier alpha value is -0.650. The van der Waals surface area contributed by atoms with Gasteiger partial charge in [-0.1, -0.05) is 5.16 Å². The monoisotopic (exact) mass is 300 g/mol. The standard InChI is InChI=1S/C11H13BrN2OS/c1-7-5-9(15-14-7)6-13-8(2)10-3-4-11(12)16-10/h3-5,8,13H,6H2,1-2H3. The maximum Gasteiger partial charge on any atom is 0.150 e. The predicted octanol–water partition coefficient (Wildman–Crippen LogP) is 3.66. The van der Waals surface area contributed by atoms with Crippen LogP contribution in [0.3, 0.4) is 0 Å². The van der Waals surface area contributed by atoms with Crippen molar-refractivity contribution in [1.82, 2.24) is 10.5 Å². The molecule has 1 unspecified atom stereocenters. The van der Waals surface area contributed by atoms with Gasteiger partial charge in [0.2, 0.25) is 0 Å². The van der Waals surface area contributed by atoms with Crippen LogP contribution in [0.25, 0.3) is 0 Å². The first kappa shape index (κ1) is 11.8. The molecule has 2 aromatic rings. The van der Waals surface area contributed by atoms with E-state index in [9.17, 15) is 0 Å². The summed E-state index contributed by atoms with van der Waals surface area (Å²) in [4.78, 5) is 1.31. The molecule has 3 nitrogen and oxygen atoms in total. The molecule has 0 aromatic carbocycles. The minimum Gasteiger partial charge on any atom is -0.360 e. The fourth-order valence-electron chi connectivity index (χ4n) is 1.41. The van der Waals surface area contributed by atoms with E-state index in [1.165, 1.54) is 4.88 Å². The largest absolute Gasteiger partial charge is 0.360 e. The summed E-state index contributed by atoms with van der Waals surface area (Å²) >= 11 is 5.21. The molecule has 0 bridgehead atoms. The minimum atomic E-state index is 0.321. The molecule has 0 spiro atoms. The van der Waals surface area contributed by atoms with E-state index in [1.807, 2.05) is 13.0 Å². The third-order valence-electron chi connectivity index (χ3n) is 2.28. The van der Waals surface area contributed by atoms with E-state index in [1.54, 1.807) is 11.3 Å². The van der Waals surface area contributed by atoms with Gasteiger partial charge in [0.1, 0.15) is 0 Å². The van der Waals surface area contributed by atoms with Gasteiger partial charge in [-0.25, -0.2) is 0 Å². The lowest BCUT2D eigenvalue weighted by Crippen LogP contribution is -2.16. The Kier molecular flexibility index (Phi) is 3.78. The van der Waals surface area contributed by atoms with Gasteiger partial charge in [0.05, 0.1) is 16.0 Å². The number of nitrogens with zero attached hydrogens (tertiary/aromatic N) is 1. The highest BCUT2D eigenvalue weighted by Gasteiger charge is 2.08. The lowest BCUT2D eigenvalue weighted by molar-refractivity contribution is 0.363. The molecular weight excluding hydrogens is 288 g/mol. The fourth-order valence-corrected chi connectivity index (χ4v) is 2.87. The van der Waals surface area contributed by atoms with Crippen molar-refractivity contribution in [2.45, 2.75) is 26.4 Å². The summed E-state index contributed by atoms with van der Waals surface area (Å²) in [7, 11) is 0. The quantitative estimate of drug-likeness (QED) is 0.936. The third kappa shape index (κ3) is 2.93. The summed E-state index contributed by atoms with van der Waals surface area (Å²) in [6.07, 6.45) is 0. The van der Waals surface area contributed by atoms with Gasteiger partial charge in [0.25, 0.3) is 0 Å². The molecule has 2 aromatic heterocycles. The molecule has 0 radical (unpaired) electrons. The highest BCUT2D eigenvalue weighted by atomic mass is 79.9. The molecule has 1 N–H and O–H groups in total. The highest BCUT2D eigenvalue weighted by molar-refractivity contribution is 9.11. The molecule has 0 amide bonds. The second-order valence-electron chi connectivity index (χ2n) is 3.68. The van der Waals surface area contributed by atoms with Crippen molar-refractivity contribution in [3.63, 3.8) is 0 Å². The Morgan fingerprint density at radius 2 is 2.38 bits per heavy atom. The van der Waals surface area contributed by atoms with Crippen LogP contribution in [-0.4, -0.2) is 5.16 Å². The zero-order valence-electron chi connectivity index (χ0n) is 9.16. The smallest absolute Gasteiger partial charge is 0.150 e. The van der Waals surface area contributed by atoms with Crippen molar-refractivity contribution < 1.29 is 4.52 Å². The first-order chi connectivity index (χ1) is 7.65. The molecule has 5 heteroatoms. The van der Waals surface area contributed by atoms with E-state index in [0.717, 1.165) is 15.2 Å². The first-order valence-corrected chi connectivity index (χ1v) is 6.67. The van der Waals surface area contributed by atoms with Gasteiger partial charge in [-0.15, -0.1) is 11.3 Å². The zero-order valence-corrected chi connectivity index (χ0v) is 11.6. The number of halogens is 1. The summed E-state index contributed by atoms with van der Waals surface area (Å²) < 4.78 is 6.30. The average molecular weight is 301 g/mol. The van der Waals surface area contributed by atoms with Crippen LogP contribution in [0.5, 0.6) is 0 Å². The van der Waals surface area contributed by atoms with Crippen LogP contribution in [0.15, 0.2) is 26.5 Å². The van der Waals surface area contributed by atoms with E-state index in [0.29, 0.717) is 12.6 Å². The van der Waals surface area contributed by atoms with Gasteiger partial charge in [0, 0.05) is 17.0 Å². The van der Waals surface area contributed by atoms with Gasteiger partial charge in [-0.05, 0) is 41.9 Å². The second kappa shape index (κ2) is 5.12. The van der Waals surface area contributed by atoms with Crippen LogP contribution in [0, 0.1) is 6.92 Å². The Morgan fingerprint density at radius 3 is 2.94 bits per heavy atom. The van der Waals surface area contributed by atoms with Gasteiger partial charge >= 0.3 is 0 Å². The predicted molar refractivity (Wildman–Crippen MR) is 68.5 cm³/mol. The van der Waals surface area contributed by atoms with E-state index in [4.69, 9.17) is 4.52 Å². The summed E-state index contributed by atoms with van der Waals surface area (Å²) in [5.74, 6) is 0.875. The maximum atomic E-state index is 5.14. The Bertz CT molecular complexity index is 466. The lowest BCUT2D eigenvalue weighted by Gasteiger charge is -2.09. The number of thiophene rings is 1. The SMILES string of the molecule is Cc1cc(CNC(C)c2ccc(Br)s2)on1. The maximum absolute atomic E-state index is 5.14. The Balaban J connectivity index is 1.91. The number of aromatic nitrogens is 1.